The molecule has 0 unspecified atom stereocenters. The summed E-state index contributed by atoms with van der Waals surface area (Å²) in [7, 11) is 0. The molecule has 0 aromatic heterocycles. The standard InChI is InChI=1S/C19H20N2O6/c1-2-27-19(26)11-5-3-10(4-6-11)16(22)20-21-17(23)14-12-7-8-13(9-12)15(14)18(24)25/h3-8,12-15H,2,9H2,1H3,(H,20,22)(H,21,23)(H,24,25)/t12-,13-,14+,15-/m0/s1. The molecule has 3 N–H and O–H groups in total. The Hall–Kier alpha value is -3.16. The number of rotatable bonds is 5. The molecule has 142 valence electrons. The molecule has 0 saturated heterocycles. The van der Waals surface area contributed by atoms with Gasteiger partial charge in [-0.05, 0) is 49.4 Å². The normalized spacial score (nSPS) is 25.1. The van der Waals surface area contributed by atoms with Gasteiger partial charge < -0.3 is 9.84 Å². The molecule has 0 radical (unpaired) electrons. The molecule has 0 heterocycles. The Morgan fingerprint density at radius 2 is 1.59 bits per heavy atom. The van der Waals surface area contributed by atoms with Crippen LogP contribution < -0.4 is 10.9 Å². The van der Waals surface area contributed by atoms with Crippen molar-refractivity contribution in [2.45, 2.75) is 13.3 Å². The summed E-state index contributed by atoms with van der Waals surface area (Å²) in [5, 5.41) is 9.38. The molecular formula is C19H20N2O6. The number of carbonyl (C=O) groups excluding carboxylic acids is 3. The smallest absolute Gasteiger partial charge is 0.338 e. The van der Waals surface area contributed by atoms with Crippen molar-refractivity contribution in [3.63, 3.8) is 0 Å². The first-order chi connectivity index (χ1) is 12.9. The van der Waals surface area contributed by atoms with Gasteiger partial charge in [-0.25, -0.2) is 4.79 Å². The monoisotopic (exact) mass is 372 g/mol. The summed E-state index contributed by atoms with van der Waals surface area (Å²) >= 11 is 0. The molecule has 2 bridgehead atoms. The third kappa shape index (κ3) is 3.69. The minimum absolute atomic E-state index is 0.128. The number of ether oxygens (including phenoxy) is 1. The van der Waals surface area contributed by atoms with Crippen molar-refractivity contribution < 1.29 is 29.0 Å². The van der Waals surface area contributed by atoms with E-state index in [1.54, 1.807) is 6.92 Å². The number of allylic oxidation sites excluding steroid dienone is 2. The first-order valence-corrected chi connectivity index (χ1v) is 8.71. The lowest BCUT2D eigenvalue weighted by molar-refractivity contribution is -0.148. The van der Waals surface area contributed by atoms with Crippen LogP contribution in [0.3, 0.4) is 0 Å². The fourth-order valence-electron chi connectivity index (χ4n) is 3.76. The molecule has 1 aromatic carbocycles. The van der Waals surface area contributed by atoms with Gasteiger partial charge in [-0.15, -0.1) is 0 Å². The fourth-order valence-corrected chi connectivity index (χ4v) is 3.76. The molecule has 1 fully saturated rings. The Balaban J connectivity index is 1.59. The van der Waals surface area contributed by atoms with Crippen LogP contribution in [0, 0.1) is 23.7 Å². The molecule has 2 aliphatic rings. The molecule has 8 heteroatoms. The van der Waals surface area contributed by atoms with E-state index in [9.17, 15) is 24.3 Å². The van der Waals surface area contributed by atoms with Gasteiger partial charge in [-0.2, -0.15) is 0 Å². The van der Waals surface area contributed by atoms with Gasteiger partial charge in [0.05, 0.1) is 24.0 Å². The Kier molecular flexibility index (Phi) is 5.25. The lowest BCUT2D eigenvalue weighted by atomic mass is 9.82. The second-order valence-corrected chi connectivity index (χ2v) is 6.58. The second kappa shape index (κ2) is 7.61. The van der Waals surface area contributed by atoms with Gasteiger partial charge in [0.1, 0.15) is 0 Å². The van der Waals surface area contributed by atoms with E-state index in [1.165, 1.54) is 24.3 Å². The number of amides is 2. The van der Waals surface area contributed by atoms with Crippen molar-refractivity contribution in [3.05, 3.63) is 47.5 Å². The molecule has 3 rings (SSSR count). The van der Waals surface area contributed by atoms with Crippen LogP contribution in [0.5, 0.6) is 0 Å². The van der Waals surface area contributed by atoms with Crippen LogP contribution in [0.25, 0.3) is 0 Å². The third-order valence-electron chi connectivity index (χ3n) is 5.00. The number of nitrogens with one attached hydrogen (secondary N) is 2. The molecule has 8 nitrogen and oxygen atoms in total. The summed E-state index contributed by atoms with van der Waals surface area (Å²) in [4.78, 5) is 47.7. The molecule has 4 atom stereocenters. The zero-order valence-corrected chi connectivity index (χ0v) is 14.7. The molecule has 0 spiro atoms. The summed E-state index contributed by atoms with van der Waals surface area (Å²) < 4.78 is 4.87. The van der Waals surface area contributed by atoms with Crippen LogP contribution in [0.4, 0.5) is 0 Å². The lowest BCUT2D eigenvalue weighted by Gasteiger charge is -2.23. The summed E-state index contributed by atoms with van der Waals surface area (Å²) in [5.74, 6) is -4.33. The van der Waals surface area contributed by atoms with Crippen LogP contribution in [-0.4, -0.2) is 35.5 Å². The summed E-state index contributed by atoms with van der Waals surface area (Å²) in [5.41, 5.74) is 5.18. The number of hydrogen-bond donors (Lipinski definition) is 3. The van der Waals surface area contributed by atoms with E-state index in [0.29, 0.717) is 12.0 Å². The van der Waals surface area contributed by atoms with Gasteiger partial charge in [-0.3, -0.25) is 25.2 Å². The molecule has 1 aromatic rings. The highest BCUT2D eigenvalue weighted by Gasteiger charge is 2.51. The minimum Gasteiger partial charge on any atom is -0.481 e. The van der Waals surface area contributed by atoms with Crippen molar-refractivity contribution in [1.29, 1.82) is 0 Å². The molecular weight excluding hydrogens is 352 g/mol. The van der Waals surface area contributed by atoms with E-state index in [-0.39, 0.29) is 24.0 Å². The van der Waals surface area contributed by atoms with Gasteiger partial charge in [0.25, 0.3) is 5.91 Å². The van der Waals surface area contributed by atoms with Crippen molar-refractivity contribution in [1.82, 2.24) is 10.9 Å². The van der Waals surface area contributed by atoms with E-state index in [2.05, 4.69) is 10.9 Å². The maximum absolute atomic E-state index is 12.4. The van der Waals surface area contributed by atoms with Crippen molar-refractivity contribution in [3.8, 4) is 0 Å². The average Bonchev–Trinajstić information content (AvgIpc) is 3.27. The topological polar surface area (TPSA) is 122 Å². The first-order valence-electron chi connectivity index (χ1n) is 8.71. The number of carboxylic acids is 1. The molecule has 1 saturated carbocycles. The quantitative estimate of drug-likeness (QED) is 0.405. The van der Waals surface area contributed by atoms with E-state index < -0.39 is 35.6 Å². The van der Waals surface area contributed by atoms with Crippen LogP contribution >= 0.6 is 0 Å². The maximum Gasteiger partial charge on any atom is 0.338 e. The summed E-state index contributed by atoms with van der Waals surface area (Å²) in [6.45, 7) is 1.95. The number of hydrogen-bond acceptors (Lipinski definition) is 5. The number of esters is 1. The highest BCUT2D eigenvalue weighted by molar-refractivity contribution is 5.97. The zero-order chi connectivity index (χ0) is 19.6. The summed E-state index contributed by atoms with van der Waals surface area (Å²) in [6.07, 6.45) is 4.35. The van der Waals surface area contributed by atoms with Gasteiger partial charge in [0.2, 0.25) is 5.91 Å². The molecule has 27 heavy (non-hydrogen) atoms. The van der Waals surface area contributed by atoms with Crippen molar-refractivity contribution in [2.24, 2.45) is 23.7 Å². The Morgan fingerprint density at radius 3 is 2.19 bits per heavy atom. The lowest BCUT2D eigenvalue weighted by Crippen LogP contribution is -2.48. The fraction of sp³-hybridized carbons (Fsp3) is 0.368. The van der Waals surface area contributed by atoms with E-state index in [4.69, 9.17) is 4.74 Å². The summed E-state index contributed by atoms with van der Waals surface area (Å²) in [6, 6.07) is 5.79. The van der Waals surface area contributed by atoms with Gasteiger partial charge in [0, 0.05) is 5.56 Å². The number of carboxylic acid groups (broad SMARTS) is 1. The predicted octanol–water partition coefficient (Wildman–Crippen LogP) is 1.15. The van der Waals surface area contributed by atoms with Crippen LogP contribution in [0.1, 0.15) is 34.1 Å². The Labute approximate surface area is 155 Å². The first kappa shape index (κ1) is 18.6. The number of aliphatic carboxylic acids is 1. The highest BCUT2D eigenvalue weighted by Crippen LogP contribution is 2.48. The van der Waals surface area contributed by atoms with Crippen molar-refractivity contribution in [2.75, 3.05) is 6.61 Å². The van der Waals surface area contributed by atoms with Gasteiger partial charge >= 0.3 is 11.9 Å². The second-order valence-electron chi connectivity index (χ2n) is 6.58. The van der Waals surface area contributed by atoms with Gasteiger partial charge in [-0.1, -0.05) is 12.2 Å². The number of carbonyl (C=O) groups is 4. The minimum atomic E-state index is -1.01. The van der Waals surface area contributed by atoms with Crippen LogP contribution in [0.2, 0.25) is 0 Å². The average molecular weight is 372 g/mol. The van der Waals surface area contributed by atoms with E-state index in [1.807, 2.05) is 12.2 Å². The Morgan fingerprint density at radius 1 is 1.00 bits per heavy atom. The van der Waals surface area contributed by atoms with Crippen LogP contribution in [0.15, 0.2) is 36.4 Å². The van der Waals surface area contributed by atoms with E-state index in [0.717, 1.165) is 0 Å². The van der Waals surface area contributed by atoms with Gasteiger partial charge in [0.15, 0.2) is 0 Å². The molecule has 0 aliphatic heterocycles. The molecule has 2 aliphatic carbocycles. The van der Waals surface area contributed by atoms with E-state index >= 15 is 0 Å². The maximum atomic E-state index is 12.4. The SMILES string of the molecule is CCOC(=O)c1ccc(C(=O)NNC(=O)[C@H]2[C@@H](C(=O)O)[C@H]3C=C[C@H]2C3)cc1. The third-order valence-corrected chi connectivity index (χ3v) is 5.00. The number of fused-ring (bicyclic) bond motifs is 2. The highest BCUT2D eigenvalue weighted by atomic mass is 16.5. The zero-order valence-electron chi connectivity index (χ0n) is 14.7. The number of benzene rings is 1. The molecule has 2 amide bonds. The Bertz CT molecular complexity index is 801. The van der Waals surface area contributed by atoms with Crippen molar-refractivity contribution >= 4 is 23.8 Å². The van der Waals surface area contributed by atoms with Crippen LogP contribution in [-0.2, 0) is 14.3 Å². The predicted molar refractivity (Wildman–Crippen MR) is 93.4 cm³/mol. The number of hydrazine groups is 1. The largest absolute Gasteiger partial charge is 0.481 e.